The molecule has 1 atom stereocenters. The Morgan fingerprint density at radius 3 is 2.27 bits per heavy atom. The highest BCUT2D eigenvalue weighted by molar-refractivity contribution is 7.92. The Morgan fingerprint density at radius 1 is 1.00 bits per heavy atom. The number of sulfonamides is 1. The molecule has 0 saturated carbocycles. The molecule has 0 aliphatic carbocycles. The summed E-state index contributed by atoms with van der Waals surface area (Å²) in [6.07, 6.45) is 0. The molecule has 0 fully saturated rings. The van der Waals surface area contributed by atoms with Crippen LogP contribution in [0.25, 0.3) is 0 Å². The van der Waals surface area contributed by atoms with Crippen molar-refractivity contribution in [3.63, 3.8) is 0 Å². The molecule has 0 aromatic heterocycles. The third-order valence-corrected chi connectivity index (χ3v) is 7.01. The summed E-state index contributed by atoms with van der Waals surface area (Å²) in [5.74, 6) is -0.375. The number of hydrogen-bond acceptors (Lipinski definition) is 3. The van der Waals surface area contributed by atoms with Crippen LogP contribution in [0, 0.1) is 6.92 Å². The number of nitrogens with zero attached hydrogens (tertiary/aromatic N) is 1. The molecular formula is C23H23ClN2O3S. The molecule has 1 N–H and O–H groups in total. The standard InChI is InChI=1S/C23H23ClN2O3S/c1-16-9-11-18(12-10-16)17(2)25-23(27)21-15-19(13-14-22(21)24)26(3)30(28,29)20-7-5-4-6-8-20/h4-15,17H,1-3H3,(H,25,27). The Balaban J connectivity index is 1.86. The lowest BCUT2D eigenvalue weighted by atomic mass is 10.1. The number of hydrogen-bond donors (Lipinski definition) is 1. The first-order valence-electron chi connectivity index (χ1n) is 9.41. The second-order valence-corrected chi connectivity index (χ2v) is 9.43. The van der Waals surface area contributed by atoms with Crippen LogP contribution in [0.4, 0.5) is 5.69 Å². The molecule has 3 rings (SSSR count). The number of aryl methyl sites for hydroxylation is 1. The van der Waals surface area contributed by atoms with Crippen LogP contribution in [-0.2, 0) is 10.0 Å². The topological polar surface area (TPSA) is 66.5 Å². The highest BCUT2D eigenvalue weighted by Crippen LogP contribution is 2.27. The van der Waals surface area contributed by atoms with Crippen LogP contribution in [0.1, 0.15) is 34.5 Å². The Morgan fingerprint density at radius 2 is 1.63 bits per heavy atom. The lowest BCUT2D eigenvalue weighted by molar-refractivity contribution is 0.0940. The van der Waals surface area contributed by atoms with Crippen molar-refractivity contribution in [3.05, 3.63) is 94.5 Å². The van der Waals surface area contributed by atoms with E-state index in [0.29, 0.717) is 5.69 Å². The van der Waals surface area contributed by atoms with Gasteiger partial charge in [0.15, 0.2) is 0 Å². The predicted octanol–water partition coefficient (Wildman–Crippen LogP) is 4.96. The molecule has 7 heteroatoms. The number of amides is 1. The molecular weight excluding hydrogens is 420 g/mol. The second kappa shape index (κ2) is 8.90. The fraction of sp³-hybridized carbons (Fsp3) is 0.174. The van der Waals surface area contributed by atoms with Crippen molar-refractivity contribution in [2.45, 2.75) is 24.8 Å². The van der Waals surface area contributed by atoms with E-state index in [1.54, 1.807) is 24.3 Å². The molecule has 0 radical (unpaired) electrons. The van der Waals surface area contributed by atoms with Gasteiger partial charge in [0.25, 0.3) is 15.9 Å². The van der Waals surface area contributed by atoms with Crippen molar-refractivity contribution in [3.8, 4) is 0 Å². The SMILES string of the molecule is Cc1ccc(C(C)NC(=O)c2cc(N(C)S(=O)(=O)c3ccccc3)ccc2Cl)cc1. The van der Waals surface area contributed by atoms with Crippen molar-refractivity contribution in [1.29, 1.82) is 0 Å². The Bertz CT molecular complexity index is 1150. The van der Waals surface area contributed by atoms with E-state index >= 15 is 0 Å². The van der Waals surface area contributed by atoms with Crippen molar-refractivity contribution in [1.82, 2.24) is 5.32 Å². The van der Waals surface area contributed by atoms with Gasteiger partial charge in [-0.25, -0.2) is 8.42 Å². The van der Waals surface area contributed by atoms with Gasteiger partial charge in [0.05, 0.1) is 27.2 Å². The zero-order valence-corrected chi connectivity index (χ0v) is 18.5. The summed E-state index contributed by atoms with van der Waals surface area (Å²) < 4.78 is 26.9. The van der Waals surface area contributed by atoms with E-state index in [4.69, 9.17) is 11.6 Å². The summed E-state index contributed by atoms with van der Waals surface area (Å²) in [5.41, 5.74) is 2.65. The summed E-state index contributed by atoms with van der Waals surface area (Å²) in [5, 5.41) is 3.17. The molecule has 0 spiro atoms. The fourth-order valence-electron chi connectivity index (χ4n) is 2.99. The van der Waals surface area contributed by atoms with Gasteiger partial charge in [0.2, 0.25) is 0 Å². The van der Waals surface area contributed by atoms with Gasteiger partial charge in [-0.2, -0.15) is 0 Å². The number of carbonyl (C=O) groups excluding carboxylic acids is 1. The molecule has 0 bridgehead atoms. The maximum absolute atomic E-state index is 12.9. The Labute approximate surface area is 182 Å². The van der Waals surface area contributed by atoms with E-state index < -0.39 is 10.0 Å². The van der Waals surface area contributed by atoms with E-state index in [-0.39, 0.29) is 27.4 Å². The molecule has 3 aromatic rings. The van der Waals surface area contributed by atoms with Crippen molar-refractivity contribution in [2.75, 3.05) is 11.4 Å². The quantitative estimate of drug-likeness (QED) is 0.586. The van der Waals surface area contributed by atoms with Crippen molar-refractivity contribution >= 4 is 33.2 Å². The maximum atomic E-state index is 12.9. The van der Waals surface area contributed by atoms with E-state index in [9.17, 15) is 13.2 Å². The predicted molar refractivity (Wildman–Crippen MR) is 121 cm³/mol. The smallest absolute Gasteiger partial charge is 0.264 e. The lowest BCUT2D eigenvalue weighted by Crippen LogP contribution is -2.29. The number of benzene rings is 3. The summed E-state index contributed by atoms with van der Waals surface area (Å²) in [4.78, 5) is 13.0. The number of anilines is 1. The first-order chi connectivity index (χ1) is 14.2. The van der Waals surface area contributed by atoms with Crippen LogP contribution in [0.5, 0.6) is 0 Å². The Hall–Kier alpha value is -2.83. The average Bonchev–Trinajstić information content (AvgIpc) is 2.74. The number of rotatable bonds is 6. The summed E-state index contributed by atoms with van der Waals surface area (Å²) >= 11 is 6.25. The third-order valence-electron chi connectivity index (χ3n) is 4.88. The first-order valence-corrected chi connectivity index (χ1v) is 11.2. The number of halogens is 1. The third kappa shape index (κ3) is 4.66. The zero-order chi connectivity index (χ0) is 21.9. The van der Waals surface area contributed by atoms with Crippen LogP contribution in [0.15, 0.2) is 77.7 Å². The van der Waals surface area contributed by atoms with Crippen LogP contribution in [-0.4, -0.2) is 21.4 Å². The minimum Gasteiger partial charge on any atom is -0.345 e. The molecule has 0 aliphatic rings. The van der Waals surface area contributed by atoms with Gasteiger partial charge >= 0.3 is 0 Å². The number of nitrogens with one attached hydrogen (secondary N) is 1. The molecule has 0 heterocycles. The van der Waals surface area contributed by atoms with Gasteiger partial charge in [-0.15, -0.1) is 0 Å². The fourth-order valence-corrected chi connectivity index (χ4v) is 4.40. The maximum Gasteiger partial charge on any atom is 0.264 e. The summed E-state index contributed by atoms with van der Waals surface area (Å²) in [6.45, 7) is 3.88. The van der Waals surface area contributed by atoms with Crippen molar-refractivity contribution in [2.24, 2.45) is 0 Å². The van der Waals surface area contributed by atoms with Gasteiger partial charge in [0.1, 0.15) is 0 Å². The lowest BCUT2D eigenvalue weighted by Gasteiger charge is -2.21. The molecule has 5 nitrogen and oxygen atoms in total. The molecule has 156 valence electrons. The molecule has 0 aliphatic heterocycles. The second-order valence-electron chi connectivity index (χ2n) is 7.06. The largest absolute Gasteiger partial charge is 0.345 e. The van der Waals surface area contributed by atoms with E-state index in [1.165, 1.54) is 31.3 Å². The molecule has 30 heavy (non-hydrogen) atoms. The van der Waals surface area contributed by atoms with Crippen LogP contribution in [0.2, 0.25) is 5.02 Å². The van der Waals surface area contributed by atoms with Gasteiger partial charge in [-0.1, -0.05) is 59.6 Å². The van der Waals surface area contributed by atoms with E-state index in [1.807, 2.05) is 38.1 Å². The van der Waals surface area contributed by atoms with E-state index in [0.717, 1.165) is 15.4 Å². The highest BCUT2D eigenvalue weighted by atomic mass is 35.5. The minimum absolute atomic E-state index is 0.168. The van der Waals surface area contributed by atoms with Crippen molar-refractivity contribution < 1.29 is 13.2 Å². The van der Waals surface area contributed by atoms with Crippen LogP contribution < -0.4 is 9.62 Å². The normalized spacial score (nSPS) is 12.3. The highest BCUT2D eigenvalue weighted by Gasteiger charge is 2.23. The minimum atomic E-state index is -3.76. The zero-order valence-electron chi connectivity index (χ0n) is 17.0. The number of carbonyl (C=O) groups is 1. The van der Waals surface area contributed by atoms with E-state index in [2.05, 4.69) is 5.32 Å². The average molecular weight is 443 g/mol. The Kier molecular flexibility index (Phi) is 6.48. The van der Waals surface area contributed by atoms with Gasteiger partial charge in [-0.05, 0) is 49.7 Å². The van der Waals surface area contributed by atoms with Crippen LogP contribution in [0.3, 0.4) is 0 Å². The summed E-state index contributed by atoms with van der Waals surface area (Å²) in [6, 6.07) is 20.4. The molecule has 1 amide bonds. The summed E-state index contributed by atoms with van der Waals surface area (Å²) in [7, 11) is -2.31. The van der Waals surface area contributed by atoms with Gasteiger partial charge < -0.3 is 5.32 Å². The monoisotopic (exact) mass is 442 g/mol. The first kappa shape index (κ1) is 21.9. The van der Waals surface area contributed by atoms with Gasteiger partial charge in [-0.3, -0.25) is 9.10 Å². The van der Waals surface area contributed by atoms with Gasteiger partial charge in [0, 0.05) is 7.05 Å². The molecule has 1 unspecified atom stereocenters. The molecule has 0 saturated heterocycles. The van der Waals surface area contributed by atoms with Crippen LogP contribution >= 0.6 is 11.6 Å². The molecule has 3 aromatic carbocycles.